The van der Waals surface area contributed by atoms with Crippen LogP contribution in [0.15, 0.2) is 79.4 Å². The lowest BCUT2D eigenvalue weighted by atomic mass is 9.70. The molecule has 0 bridgehead atoms. The lowest BCUT2D eigenvalue weighted by molar-refractivity contribution is -0.697. The molecule has 0 radical (unpaired) electrons. The summed E-state index contributed by atoms with van der Waals surface area (Å²) in [4.78, 5) is 0. The normalized spacial score (nSPS) is 13.4. The average Bonchev–Trinajstić information content (AvgIpc) is 3.64. The lowest BCUT2D eigenvalue weighted by Crippen LogP contribution is -2.38. The van der Waals surface area contributed by atoms with Crippen LogP contribution in [0.3, 0.4) is 0 Å². The van der Waals surface area contributed by atoms with Crippen molar-refractivity contribution >= 4 is 0 Å². The molecule has 0 saturated heterocycles. The molecule has 0 spiro atoms. The average molecular weight is 712 g/mol. The van der Waals surface area contributed by atoms with Crippen molar-refractivity contribution in [1.29, 1.82) is 0 Å². The number of hydrogen-bond donors (Lipinski definition) is 0. The van der Waals surface area contributed by atoms with Crippen molar-refractivity contribution in [3.05, 3.63) is 90.5 Å². The number of hydrogen-bond acceptors (Lipinski definition) is 0. The van der Waals surface area contributed by atoms with Crippen LogP contribution in [-0.4, -0.2) is 4.57 Å². The summed E-state index contributed by atoms with van der Waals surface area (Å²) >= 11 is 0. The molecule has 0 aliphatic heterocycles. The summed E-state index contributed by atoms with van der Waals surface area (Å²) in [5, 5.41) is 0. The number of benzene rings is 2. The van der Waals surface area contributed by atoms with Gasteiger partial charge in [0.1, 0.15) is 18.4 Å². The van der Waals surface area contributed by atoms with Crippen molar-refractivity contribution < 1.29 is 4.57 Å². The molecule has 2 aromatic carbocycles. The van der Waals surface area contributed by atoms with E-state index in [1.54, 1.807) is 0 Å². The van der Waals surface area contributed by atoms with E-state index in [-0.39, 0.29) is 5.41 Å². The maximum Gasteiger partial charge on any atom is 0.244 e. The first-order valence-corrected chi connectivity index (χ1v) is 22.8. The Hall–Kier alpha value is -2.35. The number of imidazole rings is 1. The van der Waals surface area contributed by atoms with Gasteiger partial charge in [-0.1, -0.05) is 236 Å². The van der Waals surface area contributed by atoms with E-state index in [2.05, 4.69) is 109 Å². The fraction of sp³-hybridized carbons (Fsp3) is 0.700. The molecule has 0 amide bonds. The maximum absolute atomic E-state index is 2.60. The van der Waals surface area contributed by atoms with Gasteiger partial charge in [0, 0.05) is 5.41 Å². The van der Waals surface area contributed by atoms with Gasteiger partial charge in [-0.05, 0) is 43.2 Å². The Morgan fingerprint density at radius 1 is 0.500 bits per heavy atom. The van der Waals surface area contributed by atoms with Crippen molar-refractivity contribution in [3.8, 4) is 0 Å². The topological polar surface area (TPSA) is 8.81 Å². The fourth-order valence-corrected chi connectivity index (χ4v) is 8.62. The molecule has 3 aromatic rings. The molecule has 0 N–H and O–H groups in total. The summed E-state index contributed by atoms with van der Waals surface area (Å²) < 4.78 is 5.07. The van der Waals surface area contributed by atoms with Crippen LogP contribution in [0.25, 0.3) is 0 Å². The standard InChI is InChI=1S/C50H83N2/c1-4-6-8-10-12-14-16-18-19-21-23-25-27-35-41-49(50(3,48-39-33-30-34-40-48)45-47-37-31-29-32-38-47)52-44-43-51(46-52)42-36-28-26-24-22-20-17-15-13-11-9-7-5-2/h29-34,37-40,43-44,46,49H,4-28,35-36,41-42,45H2,1-3H3/q+1. The van der Waals surface area contributed by atoms with Gasteiger partial charge in [0.05, 0.1) is 6.54 Å². The van der Waals surface area contributed by atoms with Crippen LogP contribution >= 0.6 is 0 Å². The van der Waals surface area contributed by atoms with Gasteiger partial charge in [-0.25, -0.2) is 9.13 Å². The zero-order chi connectivity index (χ0) is 36.8. The highest BCUT2D eigenvalue weighted by atomic mass is 15.1. The van der Waals surface area contributed by atoms with Crippen molar-refractivity contribution in [3.63, 3.8) is 0 Å². The zero-order valence-corrected chi connectivity index (χ0v) is 34.7. The second kappa shape index (κ2) is 29.1. The Bertz CT molecular complexity index is 1200. The molecule has 1 aromatic heterocycles. The highest BCUT2D eigenvalue weighted by Crippen LogP contribution is 2.41. The molecule has 2 nitrogen and oxygen atoms in total. The largest absolute Gasteiger partial charge is 0.244 e. The van der Waals surface area contributed by atoms with E-state index in [0.717, 1.165) is 13.0 Å². The van der Waals surface area contributed by atoms with E-state index in [9.17, 15) is 0 Å². The SMILES string of the molecule is CCCCCCCCCCCCCCCCC(n1cc[n+](CCCCCCCCCCCCCCC)c1)C(C)(Cc1ccccc1)c1ccccc1. The summed E-state index contributed by atoms with van der Waals surface area (Å²) in [6, 6.07) is 23.1. The van der Waals surface area contributed by atoms with Gasteiger partial charge in [-0.15, -0.1) is 0 Å². The minimum Gasteiger partial charge on any atom is -0.237 e. The van der Waals surface area contributed by atoms with Crippen LogP contribution in [-0.2, 0) is 18.4 Å². The molecule has 3 rings (SSSR count). The predicted molar refractivity (Wildman–Crippen MR) is 228 cm³/mol. The molecule has 1 heterocycles. The van der Waals surface area contributed by atoms with Crippen LogP contribution in [0.2, 0.25) is 0 Å². The summed E-state index contributed by atoms with van der Waals surface area (Å²) in [6.45, 7) is 8.30. The van der Waals surface area contributed by atoms with E-state index < -0.39 is 0 Å². The summed E-state index contributed by atoms with van der Waals surface area (Å²) in [6.07, 6.45) is 47.6. The molecule has 2 unspecified atom stereocenters. The summed E-state index contributed by atoms with van der Waals surface area (Å²) in [5.41, 5.74) is 2.91. The molecule has 52 heavy (non-hydrogen) atoms. The van der Waals surface area contributed by atoms with Crippen molar-refractivity contribution in [1.82, 2.24) is 4.57 Å². The lowest BCUT2D eigenvalue weighted by Gasteiger charge is -2.37. The third-order valence-electron chi connectivity index (χ3n) is 12.0. The van der Waals surface area contributed by atoms with Crippen LogP contribution in [0.4, 0.5) is 0 Å². The predicted octanol–water partition coefficient (Wildman–Crippen LogP) is 15.5. The van der Waals surface area contributed by atoms with Gasteiger partial charge < -0.3 is 0 Å². The quantitative estimate of drug-likeness (QED) is 0.0431. The van der Waals surface area contributed by atoms with Crippen molar-refractivity contribution in [2.24, 2.45) is 0 Å². The smallest absolute Gasteiger partial charge is 0.237 e. The van der Waals surface area contributed by atoms with Gasteiger partial charge in [-0.3, -0.25) is 0 Å². The molecular weight excluding hydrogens is 629 g/mol. The number of aryl methyl sites for hydroxylation is 1. The first kappa shape index (κ1) is 44.0. The van der Waals surface area contributed by atoms with E-state index >= 15 is 0 Å². The molecule has 2 atom stereocenters. The van der Waals surface area contributed by atoms with Crippen molar-refractivity contribution in [2.45, 2.75) is 225 Å². The van der Waals surface area contributed by atoms with Gasteiger partial charge in [0.15, 0.2) is 0 Å². The summed E-state index contributed by atoms with van der Waals surface area (Å²) in [7, 11) is 0. The van der Waals surface area contributed by atoms with Crippen LogP contribution < -0.4 is 4.57 Å². The van der Waals surface area contributed by atoms with Crippen LogP contribution in [0.5, 0.6) is 0 Å². The first-order chi connectivity index (χ1) is 25.7. The highest BCUT2D eigenvalue weighted by Gasteiger charge is 2.40. The Morgan fingerprint density at radius 3 is 1.37 bits per heavy atom. The van der Waals surface area contributed by atoms with E-state index in [1.165, 1.54) is 191 Å². The minimum absolute atomic E-state index is 0.00547. The minimum atomic E-state index is 0.00547. The Kier molecular flexibility index (Phi) is 24.6. The monoisotopic (exact) mass is 712 g/mol. The third-order valence-corrected chi connectivity index (χ3v) is 12.0. The van der Waals surface area contributed by atoms with Gasteiger partial charge >= 0.3 is 0 Å². The molecule has 0 aliphatic rings. The number of rotatable bonds is 34. The second-order valence-electron chi connectivity index (χ2n) is 16.7. The van der Waals surface area contributed by atoms with E-state index in [4.69, 9.17) is 0 Å². The zero-order valence-electron chi connectivity index (χ0n) is 34.7. The molecule has 0 aliphatic carbocycles. The molecular formula is C50H83N2+. The number of unbranched alkanes of at least 4 members (excludes halogenated alkanes) is 25. The second-order valence-corrected chi connectivity index (χ2v) is 16.7. The first-order valence-electron chi connectivity index (χ1n) is 22.8. The van der Waals surface area contributed by atoms with E-state index in [1.807, 2.05) is 0 Å². The maximum atomic E-state index is 2.60. The Morgan fingerprint density at radius 2 is 0.904 bits per heavy atom. The van der Waals surface area contributed by atoms with E-state index in [0.29, 0.717) is 6.04 Å². The Balaban J connectivity index is 1.49. The molecule has 292 valence electrons. The highest BCUT2D eigenvalue weighted by molar-refractivity contribution is 5.30. The van der Waals surface area contributed by atoms with Gasteiger partial charge in [-0.2, -0.15) is 0 Å². The number of nitrogens with zero attached hydrogens (tertiary/aromatic N) is 2. The molecule has 0 fully saturated rings. The summed E-state index contributed by atoms with van der Waals surface area (Å²) in [5.74, 6) is 0. The van der Waals surface area contributed by atoms with Crippen LogP contribution in [0.1, 0.15) is 218 Å². The number of aromatic nitrogens is 2. The Labute approximate surface area is 323 Å². The van der Waals surface area contributed by atoms with Gasteiger partial charge in [0.25, 0.3) is 0 Å². The molecule has 0 saturated carbocycles. The van der Waals surface area contributed by atoms with Gasteiger partial charge in [0.2, 0.25) is 6.33 Å². The third kappa shape index (κ3) is 18.6. The van der Waals surface area contributed by atoms with Crippen LogP contribution in [0, 0.1) is 0 Å². The molecule has 2 heteroatoms. The van der Waals surface area contributed by atoms with Crippen molar-refractivity contribution in [2.75, 3.05) is 0 Å². The fourth-order valence-electron chi connectivity index (χ4n) is 8.62.